The summed E-state index contributed by atoms with van der Waals surface area (Å²) in [6, 6.07) is -7.52. The van der Waals surface area contributed by atoms with Crippen molar-refractivity contribution < 1.29 is 54.0 Å². The lowest BCUT2D eigenvalue weighted by molar-refractivity contribution is -0.146. The van der Waals surface area contributed by atoms with E-state index in [0.717, 1.165) is 4.90 Å². The van der Waals surface area contributed by atoms with Gasteiger partial charge in [0.15, 0.2) is 0 Å². The summed E-state index contributed by atoms with van der Waals surface area (Å²) in [6.45, 7) is -0.970. The highest BCUT2D eigenvalue weighted by molar-refractivity contribution is 5.96. The lowest BCUT2D eigenvalue weighted by Crippen LogP contribution is -2.60. The molecule has 6 atom stereocenters. The van der Waals surface area contributed by atoms with Crippen LogP contribution in [0, 0.1) is 0 Å². The van der Waals surface area contributed by atoms with Crippen LogP contribution in [-0.2, 0) is 33.6 Å². The second kappa shape index (κ2) is 18.2. The first-order valence-corrected chi connectivity index (χ1v) is 15.0. The molecular formula is C27H45N7O11. The van der Waals surface area contributed by atoms with Gasteiger partial charge in [-0.25, -0.2) is 4.79 Å². The van der Waals surface area contributed by atoms with Crippen LogP contribution < -0.4 is 27.4 Å². The van der Waals surface area contributed by atoms with E-state index in [-0.39, 0.29) is 25.9 Å². The van der Waals surface area contributed by atoms with Crippen molar-refractivity contribution in [2.75, 3.05) is 32.8 Å². The Kier molecular flexibility index (Phi) is 15.1. The Morgan fingerprint density at radius 3 is 1.76 bits per heavy atom. The number of hydrogen-bond donors (Lipinski definition) is 9. The highest BCUT2D eigenvalue weighted by Crippen LogP contribution is 2.21. The number of likely N-dealkylation sites (tertiary alicyclic amines) is 2. The fraction of sp³-hybridized carbons (Fsp3) is 0.741. The van der Waals surface area contributed by atoms with E-state index >= 15 is 0 Å². The third kappa shape index (κ3) is 10.6. The Balaban J connectivity index is 2.02. The maximum absolute atomic E-state index is 13.2. The van der Waals surface area contributed by atoms with E-state index in [1.807, 2.05) is 0 Å². The van der Waals surface area contributed by atoms with Crippen molar-refractivity contribution >= 4 is 41.5 Å². The molecule has 2 aliphatic rings. The number of nitrogens with one attached hydrogen (secondary N) is 3. The second-order valence-electron chi connectivity index (χ2n) is 11.1. The molecule has 2 fully saturated rings. The summed E-state index contributed by atoms with van der Waals surface area (Å²) in [5.74, 6) is -6.53. The number of carboxylic acid groups (broad SMARTS) is 2. The van der Waals surface area contributed by atoms with Crippen LogP contribution in [0.3, 0.4) is 0 Å². The molecule has 18 nitrogen and oxygen atoms in total. The highest BCUT2D eigenvalue weighted by Gasteiger charge is 2.40. The third-order valence-corrected chi connectivity index (χ3v) is 7.84. The van der Waals surface area contributed by atoms with Gasteiger partial charge in [0, 0.05) is 19.5 Å². The zero-order valence-corrected chi connectivity index (χ0v) is 25.1. The number of hydrogen-bond acceptors (Lipinski definition) is 11. The van der Waals surface area contributed by atoms with E-state index in [1.165, 1.54) is 4.90 Å². The number of carbonyl (C=O) groups is 7. The van der Waals surface area contributed by atoms with Crippen molar-refractivity contribution in [3.63, 3.8) is 0 Å². The molecule has 0 aliphatic carbocycles. The summed E-state index contributed by atoms with van der Waals surface area (Å²) in [5.41, 5.74) is 11.5. The van der Waals surface area contributed by atoms with Gasteiger partial charge in [0.2, 0.25) is 29.5 Å². The minimum absolute atomic E-state index is 0.0518. The Bertz CT molecular complexity index is 1090. The van der Waals surface area contributed by atoms with Crippen molar-refractivity contribution in [1.29, 1.82) is 0 Å². The number of carboxylic acids is 2. The fourth-order valence-electron chi connectivity index (χ4n) is 5.36. The third-order valence-electron chi connectivity index (χ3n) is 7.84. The Morgan fingerprint density at radius 1 is 0.733 bits per heavy atom. The van der Waals surface area contributed by atoms with Gasteiger partial charge in [-0.15, -0.1) is 0 Å². The van der Waals surface area contributed by atoms with Crippen LogP contribution in [0.15, 0.2) is 0 Å². The summed E-state index contributed by atoms with van der Waals surface area (Å²) in [6.07, 6.45) is 2.17. The maximum Gasteiger partial charge on any atom is 0.326 e. The number of aliphatic carboxylic acids is 2. The molecular weight excluding hydrogens is 598 g/mol. The number of amides is 5. The molecule has 18 heteroatoms. The molecule has 0 aromatic carbocycles. The van der Waals surface area contributed by atoms with Crippen molar-refractivity contribution in [3.8, 4) is 0 Å². The van der Waals surface area contributed by atoms with E-state index in [0.29, 0.717) is 45.1 Å². The Hall–Kier alpha value is -3.87. The predicted octanol–water partition coefficient (Wildman–Crippen LogP) is -4.19. The van der Waals surface area contributed by atoms with Crippen molar-refractivity contribution in [3.05, 3.63) is 0 Å². The Labute approximate surface area is 259 Å². The minimum Gasteiger partial charge on any atom is -0.481 e. The topological polar surface area (TPSA) is 295 Å². The molecule has 254 valence electrons. The number of carbonyl (C=O) groups excluding carboxylic acids is 5. The number of unbranched alkanes of at least 4 members (excludes halogenated alkanes) is 1. The smallest absolute Gasteiger partial charge is 0.326 e. The van der Waals surface area contributed by atoms with Crippen LogP contribution in [0.4, 0.5) is 0 Å². The molecule has 0 saturated carbocycles. The summed E-state index contributed by atoms with van der Waals surface area (Å²) < 4.78 is 0. The first kappa shape index (κ1) is 37.3. The molecule has 0 unspecified atom stereocenters. The first-order chi connectivity index (χ1) is 21.4. The van der Waals surface area contributed by atoms with E-state index in [1.54, 1.807) is 0 Å². The van der Waals surface area contributed by atoms with E-state index in [4.69, 9.17) is 16.6 Å². The van der Waals surface area contributed by atoms with Crippen LogP contribution in [0.25, 0.3) is 0 Å². The number of rotatable bonds is 18. The van der Waals surface area contributed by atoms with E-state index < -0.39 is 97.4 Å². The van der Waals surface area contributed by atoms with Crippen molar-refractivity contribution in [2.45, 2.75) is 94.0 Å². The van der Waals surface area contributed by atoms with Crippen LogP contribution in [0.5, 0.6) is 0 Å². The van der Waals surface area contributed by atoms with Crippen LogP contribution in [0.1, 0.15) is 57.8 Å². The highest BCUT2D eigenvalue weighted by atomic mass is 16.4. The molecule has 2 saturated heterocycles. The molecule has 0 aromatic rings. The van der Waals surface area contributed by atoms with E-state index in [9.17, 15) is 48.9 Å². The monoisotopic (exact) mass is 643 g/mol. The lowest BCUT2D eigenvalue weighted by atomic mass is 10.1. The normalized spacial score (nSPS) is 20.5. The van der Waals surface area contributed by atoms with Gasteiger partial charge < -0.3 is 57.6 Å². The van der Waals surface area contributed by atoms with Gasteiger partial charge in [0.05, 0.1) is 19.3 Å². The van der Waals surface area contributed by atoms with Gasteiger partial charge in [-0.2, -0.15) is 0 Å². The SMILES string of the molecule is NCCCC[C@H](N)C(=O)N1CCC[C@H]1C(=O)N[C@@H](CO)C(=O)N[C@@H](CO)C(=O)N1CCC[C@H]1C(=O)N[C@@H](CCC(=O)O)C(=O)O. The van der Waals surface area contributed by atoms with Gasteiger partial charge in [-0.3, -0.25) is 28.8 Å². The van der Waals surface area contributed by atoms with E-state index in [2.05, 4.69) is 16.0 Å². The largest absolute Gasteiger partial charge is 0.481 e. The molecule has 2 heterocycles. The minimum atomic E-state index is -1.57. The van der Waals surface area contributed by atoms with Crippen molar-refractivity contribution in [1.82, 2.24) is 25.8 Å². The molecule has 45 heavy (non-hydrogen) atoms. The van der Waals surface area contributed by atoms with Gasteiger partial charge >= 0.3 is 11.9 Å². The molecule has 0 aromatic heterocycles. The number of aliphatic hydroxyl groups excluding tert-OH is 2. The zero-order valence-electron chi connectivity index (χ0n) is 25.1. The zero-order chi connectivity index (χ0) is 33.7. The first-order valence-electron chi connectivity index (χ1n) is 15.0. The predicted molar refractivity (Wildman–Crippen MR) is 155 cm³/mol. The number of nitrogens with two attached hydrogens (primary N) is 2. The van der Waals surface area contributed by atoms with Gasteiger partial charge in [-0.1, -0.05) is 6.42 Å². The fourth-order valence-corrected chi connectivity index (χ4v) is 5.36. The molecule has 5 amide bonds. The lowest BCUT2D eigenvalue weighted by Gasteiger charge is -2.30. The average molecular weight is 644 g/mol. The molecule has 11 N–H and O–H groups in total. The van der Waals surface area contributed by atoms with Crippen LogP contribution in [0.2, 0.25) is 0 Å². The second-order valence-corrected chi connectivity index (χ2v) is 11.1. The summed E-state index contributed by atoms with van der Waals surface area (Å²) in [4.78, 5) is 89.7. The quantitative estimate of drug-likeness (QED) is 0.0641. The molecule has 2 rings (SSSR count). The van der Waals surface area contributed by atoms with Gasteiger partial charge in [0.25, 0.3) is 0 Å². The standard InChI is InChI=1S/C27H45N7O11/c28-10-2-1-5-15(29)25(42)33-11-3-6-19(33)24(41)31-17(13-35)22(39)32-18(14-36)26(43)34-12-4-7-20(34)23(40)30-16(27(44)45)8-9-21(37)38/h15-20,35-36H,1-14,28-29H2,(H,30,40)(H,31,41)(H,32,39)(H,37,38)(H,44,45)/t15-,16-,17-,18-,19-,20-/m0/s1. The summed E-state index contributed by atoms with van der Waals surface area (Å²) in [5, 5.41) is 44.8. The molecule has 0 bridgehead atoms. The summed E-state index contributed by atoms with van der Waals surface area (Å²) >= 11 is 0. The van der Waals surface area contributed by atoms with Gasteiger partial charge in [0.1, 0.15) is 30.2 Å². The van der Waals surface area contributed by atoms with Crippen molar-refractivity contribution in [2.24, 2.45) is 11.5 Å². The van der Waals surface area contributed by atoms with Crippen LogP contribution in [-0.4, -0.2) is 141 Å². The molecule has 0 spiro atoms. The molecule has 0 radical (unpaired) electrons. The van der Waals surface area contributed by atoms with Gasteiger partial charge in [-0.05, 0) is 51.5 Å². The Morgan fingerprint density at radius 2 is 1.27 bits per heavy atom. The maximum atomic E-state index is 13.2. The summed E-state index contributed by atoms with van der Waals surface area (Å²) in [7, 11) is 0. The van der Waals surface area contributed by atoms with Crippen LogP contribution >= 0.6 is 0 Å². The average Bonchev–Trinajstić information content (AvgIpc) is 3.70. The molecule has 2 aliphatic heterocycles. The number of aliphatic hydroxyl groups is 2. The number of nitrogens with zero attached hydrogens (tertiary/aromatic N) is 2.